The average Bonchev–Trinajstić information content (AvgIpc) is 2.60. The van der Waals surface area contributed by atoms with E-state index in [4.69, 9.17) is 15.6 Å². The molecule has 2 aliphatic rings. The molecule has 2 heterocycles. The van der Waals surface area contributed by atoms with Crippen molar-refractivity contribution in [2.45, 2.75) is 19.3 Å². The SMILES string of the molecule is CC(O)C1C(=O)N2C(C(=O)O)=C(SCCN)OC12. The van der Waals surface area contributed by atoms with Crippen molar-refractivity contribution in [2.75, 3.05) is 12.3 Å². The maximum atomic E-state index is 11.8. The molecule has 2 aliphatic heterocycles. The summed E-state index contributed by atoms with van der Waals surface area (Å²) < 4.78 is 5.43. The maximum absolute atomic E-state index is 11.8. The molecule has 0 aromatic heterocycles. The van der Waals surface area contributed by atoms with Crippen molar-refractivity contribution in [3.63, 3.8) is 0 Å². The highest BCUT2D eigenvalue weighted by atomic mass is 32.2. The van der Waals surface area contributed by atoms with Crippen molar-refractivity contribution in [3.8, 4) is 0 Å². The normalized spacial score (nSPS) is 27.7. The fourth-order valence-electron chi connectivity index (χ4n) is 2.00. The van der Waals surface area contributed by atoms with E-state index in [1.165, 1.54) is 6.92 Å². The minimum atomic E-state index is -1.21. The Morgan fingerprint density at radius 2 is 2.33 bits per heavy atom. The van der Waals surface area contributed by atoms with Crippen LogP contribution in [-0.2, 0) is 14.3 Å². The number of aliphatic hydroxyl groups excluding tert-OH is 1. The number of amides is 1. The second-order valence-corrected chi connectivity index (χ2v) is 5.13. The molecule has 2 rings (SSSR count). The predicted molar refractivity (Wildman–Crippen MR) is 63.1 cm³/mol. The highest BCUT2D eigenvalue weighted by Gasteiger charge is 2.59. The van der Waals surface area contributed by atoms with Crippen LogP contribution in [0.25, 0.3) is 0 Å². The van der Waals surface area contributed by atoms with Gasteiger partial charge in [-0.3, -0.25) is 9.69 Å². The number of fused-ring (bicyclic) bond motifs is 1. The first-order valence-corrected chi connectivity index (χ1v) is 6.45. The summed E-state index contributed by atoms with van der Waals surface area (Å²) in [6, 6.07) is 0. The molecule has 1 amide bonds. The Labute approximate surface area is 108 Å². The molecule has 0 spiro atoms. The number of carbonyl (C=O) groups is 2. The van der Waals surface area contributed by atoms with Crippen molar-refractivity contribution >= 4 is 23.6 Å². The summed E-state index contributed by atoms with van der Waals surface area (Å²) >= 11 is 1.16. The van der Waals surface area contributed by atoms with Gasteiger partial charge in [0.2, 0.25) is 5.91 Å². The van der Waals surface area contributed by atoms with Gasteiger partial charge in [0.05, 0.1) is 6.10 Å². The molecule has 100 valence electrons. The largest absolute Gasteiger partial charge is 0.476 e. The third-order valence-corrected chi connectivity index (χ3v) is 3.81. The number of carbonyl (C=O) groups excluding carboxylic acids is 1. The fourth-order valence-corrected chi connectivity index (χ4v) is 2.79. The van der Waals surface area contributed by atoms with E-state index in [0.717, 1.165) is 16.7 Å². The predicted octanol–water partition coefficient (Wildman–Crippen LogP) is -0.872. The zero-order valence-electron chi connectivity index (χ0n) is 9.70. The molecule has 0 radical (unpaired) electrons. The molecule has 4 N–H and O–H groups in total. The molecule has 1 saturated heterocycles. The highest BCUT2D eigenvalue weighted by Crippen LogP contribution is 2.44. The van der Waals surface area contributed by atoms with Gasteiger partial charge in [-0.15, -0.1) is 0 Å². The van der Waals surface area contributed by atoms with Gasteiger partial charge in [-0.05, 0) is 6.92 Å². The van der Waals surface area contributed by atoms with Crippen LogP contribution >= 0.6 is 11.8 Å². The molecule has 8 heteroatoms. The fraction of sp³-hybridized carbons (Fsp3) is 0.600. The summed E-state index contributed by atoms with van der Waals surface area (Å²) in [5, 5.41) is 18.8. The van der Waals surface area contributed by atoms with Crippen molar-refractivity contribution in [1.29, 1.82) is 0 Å². The Balaban J connectivity index is 2.21. The van der Waals surface area contributed by atoms with Gasteiger partial charge in [0, 0.05) is 12.3 Å². The quantitative estimate of drug-likeness (QED) is 0.558. The molecule has 1 fully saturated rings. The maximum Gasteiger partial charge on any atom is 0.357 e. The lowest BCUT2D eigenvalue weighted by molar-refractivity contribution is -0.181. The van der Waals surface area contributed by atoms with E-state index >= 15 is 0 Å². The lowest BCUT2D eigenvalue weighted by atomic mass is 9.91. The van der Waals surface area contributed by atoms with Crippen LogP contribution in [0, 0.1) is 5.92 Å². The zero-order chi connectivity index (χ0) is 13.4. The average molecular weight is 274 g/mol. The van der Waals surface area contributed by atoms with Crippen molar-refractivity contribution in [1.82, 2.24) is 4.90 Å². The summed E-state index contributed by atoms with van der Waals surface area (Å²) in [5.74, 6) is -1.83. The Morgan fingerprint density at radius 3 is 2.83 bits per heavy atom. The Hall–Kier alpha value is -1.25. The first-order valence-electron chi connectivity index (χ1n) is 5.47. The molecular formula is C10H14N2O5S. The standard InChI is InChI=1S/C10H14N2O5S/c1-4(13)5-7(14)12-6(9(15)16)10(17-8(5)12)18-3-2-11/h4-5,8,13H,2-3,11H2,1H3,(H,15,16). The third kappa shape index (κ3) is 1.86. The molecule has 3 atom stereocenters. The Morgan fingerprint density at radius 1 is 1.67 bits per heavy atom. The summed E-state index contributed by atoms with van der Waals surface area (Å²) in [7, 11) is 0. The van der Waals surface area contributed by atoms with Gasteiger partial charge in [-0.25, -0.2) is 4.79 Å². The van der Waals surface area contributed by atoms with Crippen LogP contribution in [0.15, 0.2) is 10.8 Å². The number of nitrogens with two attached hydrogens (primary N) is 1. The molecule has 0 saturated carbocycles. The summed E-state index contributed by atoms with van der Waals surface area (Å²) in [4.78, 5) is 24.0. The van der Waals surface area contributed by atoms with Gasteiger partial charge in [0.15, 0.2) is 17.0 Å². The van der Waals surface area contributed by atoms with Gasteiger partial charge < -0.3 is 20.7 Å². The minimum absolute atomic E-state index is 0.152. The van der Waals surface area contributed by atoms with E-state index in [1.807, 2.05) is 0 Å². The monoisotopic (exact) mass is 274 g/mol. The van der Waals surface area contributed by atoms with Gasteiger partial charge in [0.1, 0.15) is 5.92 Å². The summed E-state index contributed by atoms with van der Waals surface area (Å²) in [6.07, 6.45) is -1.57. The summed E-state index contributed by atoms with van der Waals surface area (Å²) in [6.45, 7) is 1.86. The van der Waals surface area contributed by atoms with Gasteiger partial charge in [-0.2, -0.15) is 0 Å². The lowest BCUT2D eigenvalue weighted by Crippen LogP contribution is -2.62. The second kappa shape index (κ2) is 4.79. The number of carboxylic acids is 1. The van der Waals surface area contributed by atoms with Crippen molar-refractivity contribution in [2.24, 2.45) is 11.7 Å². The lowest BCUT2D eigenvalue weighted by Gasteiger charge is -2.42. The number of nitrogens with zero attached hydrogens (tertiary/aromatic N) is 1. The first-order chi connectivity index (χ1) is 8.49. The summed E-state index contributed by atoms with van der Waals surface area (Å²) in [5.41, 5.74) is 5.20. The molecule has 0 bridgehead atoms. The van der Waals surface area contributed by atoms with Crippen molar-refractivity contribution < 1.29 is 24.5 Å². The van der Waals surface area contributed by atoms with Crippen LogP contribution in [0.3, 0.4) is 0 Å². The molecule has 3 unspecified atom stereocenters. The molecule has 0 aromatic carbocycles. The van der Waals surface area contributed by atoms with Gasteiger partial charge in [-0.1, -0.05) is 11.8 Å². The van der Waals surface area contributed by atoms with Crippen LogP contribution in [0.1, 0.15) is 6.92 Å². The van der Waals surface area contributed by atoms with Crippen LogP contribution in [0.2, 0.25) is 0 Å². The number of hydrogen-bond donors (Lipinski definition) is 3. The van der Waals surface area contributed by atoms with E-state index in [2.05, 4.69) is 0 Å². The first kappa shape index (κ1) is 13.2. The van der Waals surface area contributed by atoms with Crippen molar-refractivity contribution in [3.05, 3.63) is 10.8 Å². The van der Waals surface area contributed by atoms with E-state index < -0.39 is 30.1 Å². The van der Waals surface area contributed by atoms with Gasteiger partial charge >= 0.3 is 5.97 Å². The highest BCUT2D eigenvalue weighted by molar-refractivity contribution is 8.02. The molecule has 18 heavy (non-hydrogen) atoms. The second-order valence-electron chi connectivity index (χ2n) is 4.06. The zero-order valence-corrected chi connectivity index (χ0v) is 10.5. The molecule has 0 aliphatic carbocycles. The van der Waals surface area contributed by atoms with E-state index in [-0.39, 0.29) is 10.8 Å². The minimum Gasteiger partial charge on any atom is -0.476 e. The number of thioether (sulfide) groups is 1. The van der Waals surface area contributed by atoms with E-state index in [9.17, 15) is 14.7 Å². The Bertz CT molecular complexity index is 422. The molecule has 0 aromatic rings. The van der Waals surface area contributed by atoms with E-state index in [1.54, 1.807) is 0 Å². The number of β-lactam (4-membered cyclic amide) rings is 1. The number of rotatable bonds is 5. The van der Waals surface area contributed by atoms with Crippen LogP contribution in [-0.4, -0.2) is 51.6 Å². The number of ether oxygens (including phenoxy) is 1. The topological polar surface area (TPSA) is 113 Å². The smallest absolute Gasteiger partial charge is 0.357 e. The molecule has 7 nitrogen and oxygen atoms in total. The van der Waals surface area contributed by atoms with E-state index in [0.29, 0.717) is 12.3 Å². The number of aliphatic carboxylic acids is 1. The van der Waals surface area contributed by atoms with Crippen LogP contribution in [0.5, 0.6) is 0 Å². The Kier molecular flexibility index (Phi) is 3.51. The molecular weight excluding hydrogens is 260 g/mol. The van der Waals surface area contributed by atoms with Crippen LogP contribution in [0.4, 0.5) is 0 Å². The number of carboxylic acid groups (broad SMARTS) is 1. The number of aliphatic hydroxyl groups is 1. The van der Waals surface area contributed by atoms with Crippen LogP contribution < -0.4 is 5.73 Å². The number of hydrogen-bond acceptors (Lipinski definition) is 6. The van der Waals surface area contributed by atoms with Gasteiger partial charge in [0.25, 0.3) is 0 Å². The third-order valence-electron chi connectivity index (χ3n) is 2.82.